The van der Waals surface area contributed by atoms with Gasteiger partial charge >= 0.3 is 18.0 Å². The van der Waals surface area contributed by atoms with Crippen LogP contribution in [-0.4, -0.2) is 12.1 Å². The highest BCUT2D eigenvalue weighted by Gasteiger charge is 2.74. The van der Waals surface area contributed by atoms with Gasteiger partial charge in [-0.1, -0.05) is 0 Å². The number of hydrogen-bond donors (Lipinski definition) is 0. The summed E-state index contributed by atoms with van der Waals surface area (Å²) in [5, 5.41) is 0. The maximum absolute atomic E-state index is 13.1. The Kier molecular flexibility index (Phi) is 3.22. The molecule has 0 radical (unpaired) electrons. The molecule has 0 spiro atoms. The second kappa shape index (κ2) is 3.99. The maximum Gasteiger partial charge on any atom is 0.460 e. The molecule has 0 aromatic carbocycles. The van der Waals surface area contributed by atoms with Crippen molar-refractivity contribution in [3.05, 3.63) is 33.9 Å². The molecule has 0 aliphatic rings. The zero-order valence-electron chi connectivity index (χ0n) is 8.62. The molecule has 0 N–H and O–H groups in total. The molecule has 0 fully saturated rings. The van der Waals surface area contributed by atoms with Crippen molar-refractivity contribution in [2.75, 3.05) is 0 Å². The molecule has 0 aliphatic carbocycles. The number of halogens is 7. The molecule has 18 heavy (non-hydrogen) atoms. The first-order chi connectivity index (χ1) is 7.89. The van der Waals surface area contributed by atoms with E-state index in [4.69, 9.17) is 0 Å². The van der Waals surface area contributed by atoms with Crippen molar-refractivity contribution in [2.24, 2.45) is 0 Å². The van der Waals surface area contributed by atoms with E-state index in [9.17, 15) is 35.5 Å². The van der Waals surface area contributed by atoms with Crippen LogP contribution in [0.1, 0.15) is 11.5 Å². The van der Waals surface area contributed by atoms with Gasteiger partial charge < -0.3 is 4.42 Å². The lowest BCUT2D eigenvalue weighted by Crippen LogP contribution is -2.50. The van der Waals surface area contributed by atoms with Crippen LogP contribution in [0.2, 0.25) is 0 Å². The minimum absolute atomic E-state index is 0.105. The van der Waals surface area contributed by atoms with Crippen LogP contribution in [0.15, 0.2) is 21.3 Å². The highest BCUT2D eigenvalue weighted by molar-refractivity contribution is 5.14. The summed E-state index contributed by atoms with van der Waals surface area (Å²) < 4.78 is 91.1. The summed E-state index contributed by atoms with van der Waals surface area (Å²) in [6, 6.07) is 0.567. The van der Waals surface area contributed by atoms with Gasteiger partial charge in [0.25, 0.3) is 0 Å². The molecule has 102 valence electrons. The van der Waals surface area contributed by atoms with Gasteiger partial charge in [-0.25, -0.2) is 0 Å². The van der Waals surface area contributed by atoms with Crippen molar-refractivity contribution in [3.8, 4) is 0 Å². The van der Waals surface area contributed by atoms with E-state index in [1.807, 2.05) is 0 Å². The smallest absolute Gasteiger partial charge is 0.459 e. The first-order valence-corrected chi connectivity index (χ1v) is 4.34. The zero-order valence-corrected chi connectivity index (χ0v) is 8.62. The van der Waals surface area contributed by atoms with Crippen LogP contribution in [0.5, 0.6) is 0 Å². The van der Waals surface area contributed by atoms with E-state index in [1.165, 1.54) is 0 Å². The van der Waals surface area contributed by atoms with Crippen LogP contribution < -0.4 is 5.43 Å². The van der Waals surface area contributed by atoms with Gasteiger partial charge in [0.05, 0.1) is 0 Å². The van der Waals surface area contributed by atoms with Crippen LogP contribution in [-0.2, 0) is 5.92 Å². The average Bonchev–Trinajstić information content (AvgIpc) is 2.13. The van der Waals surface area contributed by atoms with E-state index in [1.54, 1.807) is 0 Å². The molecule has 0 atom stereocenters. The van der Waals surface area contributed by atoms with E-state index in [0.29, 0.717) is 6.07 Å². The topological polar surface area (TPSA) is 30.2 Å². The lowest BCUT2D eigenvalue weighted by Gasteiger charge is -2.27. The molecule has 0 saturated heterocycles. The van der Waals surface area contributed by atoms with Gasteiger partial charge in [-0.05, 0) is 6.92 Å². The van der Waals surface area contributed by atoms with Gasteiger partial charge in [0, 0.05) is 12.1 Å². The monoisotopic (exact) mass is 278 g/mol. The lowest BCUT2D eigenvalue weighted by molar-refractivity contribution is -0.363. The Morgan fingerprint density at radius 1 is 1.00 bits per heavy atom. The molecular weight excluding hydrogens is 273 g/mol. The number of rotatable bonds is 2. The van der Waals surface area contributed by atoms with Crippen molar-refractivity contribution in [1.82, 2.24) is 0 Å². The second-order valence-corrected chi connectivity index (χ2v) is 3.41. The fourth-order valence-electron chi connectivity index (χ4n) is 1.09. The van der Waals surface area contributed by atoms with Crippen molar-refractivity contribution in [3.63, 3.8) is 0 Å². The summed E-state index contributed by atoms with van der Waals surface area (Å²) in [6.45, 7) is 0.965. The second-order valence-electron chi connectivity index (χ2n) is 3.41. The lowest BCUT2D eigenvalue weighted by atomic mass is 10.1. The third-order valence-corrected chi connectivity index (χ3v) is 1.95. The normalized spacial score (nSPS) is 13.8. The fraction of sp³-hybridized carbons (Fsp3) is 0.444. The van der Waals surface area contributed by atoms with E-state index < -0.39 is 35.0 Å². The van der Waals surface area contributed by atoms with Gasteiger partial charge in [-0.2, -0.15) is 30.7 Å². The molecule has 1 rings (SSSR count). The maximum atomic E-state index is 13.1. The molecule has 0 amide bonds. The van der Waals surface area contributed by atoms with Crippen molar-refractivity contribution >= 4 is 0 Å². The summed E-state index contributed by atoms with van der Waals surface area (Å²) in [4.78, 5) is 10.8. The minimum atomic E-state index is -6.47. The highest BCUT2D eigenvalue weighted by Crippen LogP contribution is 2.51. The van der Waals surface area contributed by atoms with Gasteiger partial charge in [0.1, 0.15) is 5.76 Å². The Balaban J connectivity index is 3.42. The number of hydrogen-bond acceptors (Lipinski definition) is 2. The first kappa shape index (κ1) is 14.5. The van der Waals surface area contributed by atoms with Crippen LogP contribution in [0, 0.1) is 6.92 Å². The summed E-state index contributed by atoms with van der Waals surface area (Å²) >= 11 is 0. The molecule has 1 heterocycles. The van der Waals surface area contributed by atoms with Crippen LogP contribution in [0.3, 0.4) is 0 Å². The van der Waals surface area contributed by atoms with Crippen molar-refractivity contribution < 1.29 is 35.2 Å². The quantitative estimate of drug-likeness (QED) is 0.777. The minimum Gasteiger partial charge on any atom is -0.459 e. The Hall–Kier alpha value is -1.54. The van der Waals surface area contributed by atoms with Crippen LogP contribution in [0.25, 0.3) is 0 Å². The predicted molar refractivity (Wildman–Crippen MR) is 44.6 cm³/mol. The molecule has 0 aliphatic heterocycles. The third-order valence-electron chi connectivity index (χ3n) is 1.95. The molecule has 0 saturated carbocycles. The third kappa shape index (κ3) is 2.21. The Bertz CT molecular complexity index is 500. The van der Waals surface area contributed by atoms with E-state index >= 15 is 0 Å². The molecule has 2 nitrogen and oxygen atoms in total. The Labute approximate surface area is 95.0 Å². The fourth-order valence-corrected chi connectivity index (χ4v) is 1.09. The van der Waals surface area contributed by atoms with Crippen LogP contribution >= 0.6 is 0 Å². The van der Waals surface area contributed by atoms with Crippen LogP contribution in [0.4, 0.5) is 30.7 Å². The summed E-state index contributed by atoms with van der Waals surface area (Å²) in [6.07, 6.45) is -6.47. The molecular formula is C9H5F7O2. The summed E-state index contributed by atoms with van der Waals surface area (Å²) in [5.74, 6) is -14.6. The highest BCUT2D eigenvalue weighted by atomic mass is 19.4. The van der Waals surface area contributed by atoms with Gasteiger partial charge in [-0.3, -0.25) is 4.79 Å². The predicted octanol–water partition coefficient (Wildman–Crippen LogP) is 3.24. The average molecular weight is 278 g/mol. The largest absolute Gasteiger partial charge is 0.460 e. The van der Waals surface area contributed by atoms with Crippen molar-refractivity contribution in [2.45, 2.75) is 24.9 Å². The molecule has 0 bridgehead atoms. The van der Waals surface area contributed by atoms with E-state index in [-0.39, 0.29) is 6.07 Å². The standard InChI is InChI=1S/C9H5F7O2/c1-4-2-5(17)3-6(18-4)7(10,11)8(12,13)9(14,15)16/h2-3H,1H3. The van der Waals surface area contributed by atoms with E-state index in [2.05, 4.69) is 4.42 Å². The van der Waals surface area contributed by atoms with E-state index in [0.717, 1.165) is 6.92 Å². The molecule has 1 aromatic rings. The van der Waals surface area contributed by atoms with Crippen molar-refractivity contribution in [1.29, 1.82) is 0 Å². The number of alkyl halides is 7. The van der Waals surface area contributed by atoms with Gasteiger partial charge in [0.15, 0.2) is 11.2 Å². The van der Waals surface area contributed by atoms with Gasteiger partial charge in [0.2, 0.25) is 0 Å². The first-order valence-electron chi connectivity index (χ1n) is 4.34. The summed E-state index contributed by atoms with van der Waals surface area (Å²) in [5.41, 5.74) is -1.16. The SMILES string of the molecule is Cc1cc(=O)cc(C(F)(F)C(F)(F)C(F)(F)F)o1. The number of aryl methyl sites for hydroxylation is 1. The summed E-state index contributed by atoms with van der Waals surface area (Å²) in [7, 11) is 0. The molecule has 9 heteroatoms. The Morgan fingerprint density at radius 2 is 1.50 bits per heavy atom. The molecule has 0 unspecified atom stereocenters. The Morgan fingerprint density at radius 3 is 1.89 bits per heavy atom. The zero-order chi connectivity index (χ0) is 14.4. The van der Waals surface area contributed by atoms with Gasteiger partial charge in [-0.15, -0.1) is 0 Å². The molecule has 1 aromatic heterocycles.